The van der Waals surface area contributed by atoms with Gasteiger partial charge in [-0.1, -0.05) is 61.4 Å². The lowest BCUT2D eigenvalue weighted by Crippen LogP contribution is -2.53. The molecule has 1 aliphatic carbocycles. The van der Waals surface area contributed by atoms with Gasteiger partial charge in [-0.3, -0.25) is 4.79 Å². The topological polar surface area (TPSA) is 46.3 Å². The van der Waals surface area contributed by atoms with Crippen molar-refractivity contribution < 1.29 is 4.79 Å². The van der Waals surface area contributed by atoms with Crippen LogP contribution in [0.1, 0.15) is 43.7 Å². The van der Waals surface area contributed by atoms with Crippen LogP contribution in [0.25, 0.3) is 11.1 Å². The highest BCUT2D eigenvalue weighted by molar-refractivity contribution is 5.82. The van der Waals surface area contributed by atoms with E-state index >= 15 is 0 Å². The molecule has 1 amide bonds. The lowest BCUT2D eigenvalue weighted by molar-refractivity contribution is -0.140. The van der Waals surface area contributed by atoms with E-state index in [1.165, 1.54) is 22.3 Å². The molecule has 3 heteroatoms. The minimum Gasteiger partial charge on any atom is -0.334 e. The van der Waals surface area contributed by atoms with Gasteiger partial charge in [-0.05, 0) is 42.0 Å². The van der Waals surface area contributed by atoms with Crippen molar-refractivity contribution in [2.75, 3.05) is 0 Å². The van der Waals surface area contributed by atoms with Gasteiger partial charge in [0.2, 0.25) is 5.91 Å². The predicted octanol–water partition coefficient (Wildman–Crippen LogP) is 4.10. The summed E-state index contributed by atoms with van der Waals surface area (Å²) in [6.45, 7) is 3.38. The monoisotopic (exact) mass is 334 g/mol. The molecule has 4 rings (SSSR count). The molecule has 1 heterocycles. The van der Waals surface area contributed by atoms with E-state index in [0.29, 0.717) is 13.1 Å². The fraction of sp³-hybridized carbons (Fsp3) is 0.409. The van der Waals surface area contributed by atoms with Crippen LogP contribution in [0, 0.1) is 5.92 Å². The fourth-order valence-electron chi connectivity index (χ4n) is 4.45. The summed E-state index contributed by atoms with van der Waals surface area (Å²) < 4.78 is 0. The van der Waals surface area contributed by atoms with E-state index in [9.17, 15) is 4.79 Å². The summed E-state index contributed by atoms with van der Waals surface area (Å²) in [6.07, 6.45) is 4.07. The van der Waals surface area contributed by atoms with Crippen LogP contribution in [0.15, 0.2) is 48.5 Å². The average Bonchev–Trinajstić information content (AvgIpc) is 2.78. The molecule has 0 aromatic heterocycles. The van der Waals surface area contributed by atoms with Gasteiger partial charge < -0.3 is 10.6 Å². The van der Waals surface area contributed by atoms with Crippen molar-refractivity contribution in [3.05, 3.63) is 59.7 Å². The maximum atomic E-state index is 13.4. The first-order chi connectivity index (χ1) is 12.1. The fourth-order valence-corrected chi connectivity index (χ4v) is 4.45. The Hall–Kier alpha value is -2.13. The molecule has 130 valence electrons. The van der Waals surface area contributed by atoms with Gasteiger partial charge in [-0.2, -0.15) is 0 Å². The summed E-state index contributed by atoms with van der Waals surface area (Å²) in [5.41, 5.74) is 11.0. The van der Waals surface area contributed by atoms with E-state index < -0.39 is 0 Å². The van der Waals surface area contributed by atoms with Crippen molar-refractivity contribution in [2.24, 2.45) is 11.7 Å². The Labute approximate surface area is 149 Å². The highest BCUT2D eigenvalue weighted by Crippen LogP contribution is 2.37. The number of rotatable bonds is 1. The number of carbonyl (C=O) groups is 1. The first-order valence-corrected chi connectivity index (χ1v) is 9.30. The summed E-state index contributed by atoms with van der Waals surface area (Å²) in [5, 5.41) is 0. The zero-order valence-corrected chi connectivity index (χ0v) is 14.9. The summed E-state index contributed by atoms with van der Waals surface area (Å²) >= 11 is 0. The number of hydrogen-bond donors (Lipinski definition) is 1. The van der Waals surface area contributed by atoms with Crippen molar-refractivity contribution >= 4 is 5.91 Å². The van der Waals surface area contributed by atoms with Gasteiger partial charge in [0, 0.05) is 18.6 Å². The Balaban J connectivity index is 1.72. The standard InChI is InChI=1S/C22H26N2O/c1-22(23)13-7-6-12-20(22)21(25)24-14-16-8-2-4-10-18(16)19-11-5-3-9-17(19)15-24/h2-5,8-11,20H,6-7,12-15,23H2,1H3. The van der Waals surface area contributed by atoms with Gasteiger partial charge in [0.05, 0.1) is 5.92 Å². The second-order valence-corrected chi connectivity index (χ2v) is 7.81. The number of carbonyl (C=O) groups excluding carboxylic acids is 1. The van der Waals surface area contributed by atoms with Crippen LogP contribution in [0.2, 0.25) is 0 Å². The Morgan fingerprint density at radius 2 is 1.56 bits per heavy atom. The first kappa shape index (κ1) is 16.3. The summed E-state index contributed by atoms with van der Waals surface area (Å²) in [6, 6.07) is 16.9. The number of fused-ring (bicyclic) bond motifs is 3. The summed E-state index contributed by atoms with van der Waals surface area (Å²) in [4.78, 5) is 15.4. The molecule has 2 atom stereocenters. The highest BCUT2D eigenvalue weighted by atomic mass is 16.2. The molecule has 3 nitrogen and oxygen atoms in total. The summed E-state index contributed by atoms with van der Waals surface area (Å²) in [7, 11) is 0. The van der Waals surface area contributed by atoms with Crippen LogP contribution in [-0.2, 0) is 17.9 Å². The molecule has 0 bridgehead atoms. The maximum Gasteiger partial charge on any atom is 0.228 e. The highest BCUT2D eigenvalue weighted by Gasteiger charge is 2.40. The quantitative estimate of drug-likeness (QED) is 0.853. The number of hydrogen-bond acceptors (Lipinski definition) is 2. The van der Waals surface area contributed by atoms with Gasteiger partial charge in [-0.15, -0.1) is 0 Å². The van der Waals surface area contributed by atoms with Crippen molar-refractivity contribution in [3.8, 4) is 11.1 Å². The van der Waals surface area contributed by atoms with Crippen molar-refractivity contribution in [1.29, 1.82) is 0 Å². The molecule has 2 aromatic rings. The Morgan fingerprint density at radius 1 is 1.00 bits per heavy atom. The average molecular weight is 334 g/mol. The second-order valence-electron chi connectivity index (χ2n) is 7.81. The second kappa shape index (κ2) is 6.30. The molecule has 2 N–H and O–H groups in total. The molecular weight excluding hydrogens is 308 g/mol. The zero-order valence-electron chi connectivity index (χ0n) is 14.9. The van der Waals surface area contributed by atoms with E-state index in [4.69, 9.17) is 5.73 Å². The maximum absolute atomic E-state index is 13.4. The van der Waals surface area contributed by atoms with Gasteiger partial charge >= 0.3 is 0 Å². The zero-order chi connectivity index (χ0) is 17.4. The molecule has 25 heavy (non-hydrogen) atoms. The van der Waals surface area contributed by atoms with E-state index in [0.717, 1.165) is 25.7 Å². The lowest BCUT2D eigenvalue weighted by Gasteiger charge is -2.40. The van der Waals surface area contributed by atoms with Crippen molar-refractivity contribution in [1.82, 2.24) is 4.90 Å². The number of nitrogens with two attached hydrogens (primary N) is 1. The minimum atomic E-state index is -0.388. The van der Waals surface area contributed by atoms with Gasteiger partial charge in [0.15, 0.2) is 0 Å². The van der Waals surface area contributed by atoms with Crippen LogP contribution in [0.4, 0.5) is 0 Å². The van der Waals surface area contributed by atoms with E-state index in [-0.39, 0.29) is 17.4 Å². The van der Waals surface area contributed by atoms with Gasteiger partial charge in [0.25, 0.3) is 0 Å². The Morgan fingerprint density at radius 3 is 2.12 bits per heavy atom. The van der Waals surface area contributed by atoms with Gasteiger partial charge in [0.1, 0.15) is 0 Å². The Bertz CT molecular complexity index is 749. The molecule has 0 radical (unpaired) electrons. The molecule has 0 saturated heterocycles. The van der Waals surface area contributed by atoms with Crippen LogP contribution in [0.5, 0.6) is 0 Å². The molecule has 0 spiro atoms. The molecule has 2 unspecified atom stereocenters. The van der Waals surface area contributed by atoms with Gasteiger partial charge in [-0.25, -0.2) is 0 Å². The number of benzene rings is 2. The van der Waals surface area contributed by atoms with Crippen LogP contribution >= 0.6 is 0 Å². The van der Waals surface area contributed by atoms with Crippen LogP contribution in [-0.4, -0.2) is 16.3 Å². The third-order valence-corrected chi connectivity index (χ3v) is 5.91. The largest absolute Gasteiger partial charge is 0.334 e. The van der Waals surface area contributed by atoms with Crippen LogP contribution in [0.3, 0.4) is 0 Å². The van der Waals surface area contributed by atoms with E-state index in [2.05, 4.69) is 55.5 Å². The molecule has 2 aromatic carbocycles. The van der Waals surface area contributed by atoms with Crippen molar-refractivity contribution in [2.45, 2.75) is 51.2 Å². The minimum absolute atomic E-state index is 0.0707. The van der Waals surface area contributed by atoms with E-state index in [1.54, 1.807) is 0 Å². The summed E-state index contributed by atoms with van der Waals surface area (Å²) in [5.74, 6) is 0.148. The smallest absolute Gasteiger partial charge is 0.228 e. The third kappa shape index (κ3) is 2.98. The first-order valence-electron chi connectivity index (χ1n) is 9.30. The van der Waals surface area contributed by atoms with Crippen molar-refractivity contribution in [3.63, 3.8) is 0 Å². The molecular formula is C22H26N2O. The normalized spacial score (nSPS) is 25.7. The molecule has 1 saturated carbocycles. The van der Waals surface area contributed by atoms with E-state index in [1.807, 2.05) is 4.90 Å². The molecule has 2 aliphatic rings. The third-order valence-electron chi connectivity index (χ3n) is 5.91. The SMILES string of the molecule is CC1(N)CCCCC1C(=O)N1Cc2ccccc2-c2ccccc2C1. The lowest BCUT2D eigenvalue weighted by atomic mass is 9.74. The predicted molar refractivity (Wildman–Crippen MR) is 101 cm³/mol. The van der Waals surface area contributed by atoms with Crippen LogP contribution < -0.4 is 5.73 Å². The Kier molecular flexibility index (Phi) is 4.12. The number of nitrogens with zero attached hydrogens (tertiary/aromatic N) is 1. The number of amides is 1. The molecule has 1 aliphatic heterocycles. The molecule has 1 fully saturated rings.